The number of fused-ring (bicyclic) bond motifs is 1. The van der Waals surface area contributed by atoms with Gasteiger partial charge in [0.15, 0.2) is 0 Å². The quantitative estimate of drug-likeness (QED) is 0.775. The van der Waals surface area contributed by atoms with Gasteiger partial charge >= 0.3 is 5.97 Å². The second-order valence-corrected chi connectivity index (χ2v) is 5.18. The molecule has 98 valence electrons. The Labute approximate surface area is 111 Å². The lowest BCUT2D eigenvalue weighted by Gasteiger charge is -2.04. The number of hydrogen-bond acceptors (Lipinski definition) is 3. The van der Waals surface area contributed by atoms with Crippen molar-refractivity contribution >= 4 is 22.8 Å². The van der Waals surface area contributed by atoms with Crippen molar-refractivity contribution < 1.29 is 9.53 Å². The Morgan fingerprint density at radius 3 is 2.79 bits per heavy atom. The summed E-state index contributed by atoms with van der Waals surface area (Å²) >= 11 is 0. The van der Waals surface area contributed by atoms with E-state index in [-0.39, 0.29) is 12.5 Å². The van der Waals surface area contributed by atoms with Crippen LogP contribution in [0.5, 0.6) is 0 Å². The number of cyclic esters (lactones) is 1. The van der Waals surface area contributed by atoms with Gasteiger partial charge in [-0.1, -0.05) is 13.8 Å². The zero-order valence-electron chi connectivity index (χ0n) is 11.3. The van der Waals surface area contributed by atoms with Crippen molar-refractivity contribution in [3.8, 4) is 0 Å². The molecule has 1 aliphatic rings. The molecule has 2 heterocycles. The summed E-state index contributed by atoms with van der Waals surface area (Å²) in [6.07, 6.45) is 2.15. The van der Waals surface area contributed by atoms with Gasteiger partial charge in [0.25, 0.3) is 0 Å². The van der Waals surface area contributed by atoms with Crippen molar-refractivity contribution in [1.29, 1.82) is 0 Å². The Morgan fingerprint density at radius 1 is 1.37 bits per heavy atom. The standard InChI is InChI=1S/C15H16N2O2/c1-9(2)12-8-17(3)13-5-4-10(6-11(12)13)15-16-7-14(18)19-15/h4-6,8-9H,7H2,1-3H3. The monoisotopic (exact) mass is 256 g/mol. The van der Waals surface area contributed by atoms with E-state index in [0.717, 1.165) is 5.56 Å². The number of aromatic nitrogens is 1. The molecule has 0 aliphatic carbocycles. The number of esters is 1. The summed E-state index contributed by atoms with van der Waals surface area (Å²) in [4.78, 5) is 15.2. The zero-order valence-corrected chi connectivity index (χ0v) is 11.3. The smallest absolute Gasteiger partial charge is 0.334 e. The first-order valence-corrected chi connectivity index (χ1v) is 6.40. The van der Waals surface area contributed by atoms with E-state index in [1.165, 1.54) is 16.5 Å². The van der Waals surface area contributed by atoms with Gasteiger partial charge in [-0.2, -0.15) is 0 Å². The maximum absolute atomic E-state index is 11.1. The van der Waals surface area contributed by atoms with E-state index in [1.54, 1.807) is 0 Å². The highest BCUT2D eigenvalue weighted by Gasteiger charge is 2.19. The zero-order chi connectivity index (χ0) is 13.6. The first-order chi connectivity index (χ1) is 9.06. The fourth-order valence-electron chi connectivity index (χ4n) is 2.47. The number of carbonyl (C=O) groups excluding carboxylic acids is 1. The normalized spacial score (nSPS) is 15.2. The van der Waals surface area contributed by atoms with Crippen LogP contribution in [0.15, 0.2) is 29.4 Å². The van der Waals surface area contributed by atoms with Crippen LogP contribution in [-0.2, 0) is 16.6 Å². The molecule has 0 bridgehead atoms. The number of nitrogens with zero attached hydrogens (tertiary/aromatic N) is 2. The first-order valence-electron chi connectivity index (χ1n) is 6.40. The number of aryl methyl sites for hydroxylation is 1. The first kappa shape index (κ1) is 12.0. The third-order valence-corrected chi connectivity index (χ3v) is 3.45. The Bertz CT molecular complexity index is 695. The average Bonchev–Trinajstić information content (AvgIpc) is 2.94. The van der Waals surface area contributed by atoms with E-state index >= 15 is 0 Å². The topological polar surface area (TPSA) is 43.6 Å². The van der Waals surface area contributed by atoms with Crippen molar-refractivity contribution in [3.05, 3.63) is 35.5 Å². The molecule has 1 aromatic carbocycles. The number of benzene rings is 1. The summed E-state index contributed by atoms with van der Waals surface area (Å²) < 4.78 is 7.23. The van der Waals surface area contributed by atoms with Crippen LogP contribution in [0, 0.1) is 0 Å². The van der Waals surface area contributed by atoms with Crippen LogP contribution < -0.4 is 0 Å². The second-order valence-electron chi connectivity index (χ2n) is 5.18. The highest BCUT2D eigenvalue weighted by molar-refractivity contribution is 6.06. The van der Waals surface area contributed by atoms with E-state index in [1.807, 2.05) is 19.2 Å². The van der Waals surface area contributed by atoms with Crippen molar-refractivity contribution in [2.45, 2.75) is 19.8 Å². The molecule has 3 rings (SSSR count). The van der Waals surface area contributed by atoms with Crippen LogP contribution in [0.3, 0.4) is 0 Å². The molecular weight excluding hydrogens is 240 g/mol. The van der Waals surface area contributed by atoms with E-state index in [2.05, 4.69) is 35.7 Å². The van der Waals surface area contributed by atoms with Gasteiger partial charge in [-0.25, -0.2) is 9.79 Å². The molecule has 2 aromatic rings. The maximum atomic E-state index is 11.1. The number of ether oxygens (including phenoxy) is 1. The fourth-order valence-corrected chi connectivity index (χ4v) is 2.47. The van der Waals surface area contributed by atoms with Gasteiger partial charge in [-0.05, 0) is 29.7 Å². The van der Waals surface area contributed by atoms with Crippen LogP contribution in [0.1, 0.15) is 30.9 Å². The van der Waals surface area contributed by atoms with Gasteiger partial charge in [0.05, 0.1) is 0 Å². The molecule has 19 heavy (non-hydrogen) atoms. The molecule has 0 amide bonds. The lowest BCUT2D eigenvalue weighted by molar-refractivity contribution is -0.132. The minimum absolute atomic E-state index is 0.124. The lowest BCUT2D eigenvalue weighted by Crippen LogP contribution is -2.05. The van der Waals surface area contributed by atoms with Gasteiger partial charge in [-0.3, -0.25) is 0 Å². The molecule has 0 radical (unpaired) electrons. The van der Waals surface area contributed by atoms with Crippen LogP contribution in [0.4, 0.5) is 0 Å². The van der Waals surface area contributed by atoms with Gasteiger partial charge in [0.2, 0.25) is 5.90 Å². The van der Waals surface area contributed by atoms with Gasteiger partial charge in [0, 0.05) is 29.7 Å². The largest absolute Gasteiger partial charge is 0.406 e. The Morgan fingerprint density at radius 2 is 2.16 bits per heavy atom. The van der Waals surface area contributed by atoms with Crippen molar-refractivity contribution in [2.75, 3.05) is 6.54 Å². The molecule has 0 unspecified atom stereocenters. The summed E-state index contributed by atoms with van der Waals surface area (Å²) in [7, 11) is 2.04. The van der Waals surface area contributed by atoms with Crippen molar-refractivity contribution in [3.63, 3.8) is 0 Å². The third-order valence-electron chi connectivity index (χ3n) is 3.45. The highest BCUT2D eigenvalue weighted by Crippen LogP contribution is 2.28. The van der Waals surface area contributed by atoms with E-state index in [4.69, 9.17) is 4.74 Å². The summed E-state index contributed by atoms with van der Waals surface area (Å²) in [6, 6.07) is 6.05. The van der Waals surface area contributed by atoms with E-state index in [0.29, 0.717) is 11.8 Å². The molecule has 0 saturated carbocycles. The number of hydrogen-bond donors (Lipinski definition) is 0. The second kappa shape index (κ2) is 4.23. The van der Waals surface area contributed by atoms with E-state index < -0.39 is 0 Å². The van der Waals surface area contributed by atoms with E-state index in [9.17, 15) is 4.79 Å². The van der Waals surface area contributed by atoms with Gasteiger partial charge in [-0.15, -0.1) is 0 Å². The predicted molar refractivity (Wildman–Crippen MR) is 74.5 cm³/mol. The molecule has 1 aliphatic heterocycles. The van der Waals surface area contributed by atoms with Gasteiger partial charge < -0.3 is 9.30 Å². The number of aliphatic imine (C=N–C) groups is 1. The van der Waals surface area contributed by atoms with Crippen molar-refractivity contribution in [2.24, 2.45) is 12.0 Å². The molecule has 0 spiro atoms. The molecular formula is C15H16N2O2. The number of rotatable bonds is 2. The molecule has 4 nitrogen and oxygen atoms in total. The fraction of sp³-hybridized carbons (Fsp3) is 0.333. The number of carbonyl (C=O) groups is 1. The molecule has 0 atom stereocenters. The summed E-state index contributed by atoms with van der Waals surface area (Å²) in [5.41, 5.74) is 3.34. The molecule has 0 saturated heterocycles. The predicted octanol–water partition coefficient (Wildman–Crippen LogP) is 2.61. The minimum atomic E-state index is -0.285. The summed E-state index contributed by atoms with van der Waals surface area (Å²) in [5.74, 6) is 0.602. The van der Waals surface area contributed by atoms with Crippen LogP contribution >= 0.6 is 0 Å². The minimum Gasteiger partial charge on any atom is -0.406 e. The average molecular weight is 256 g/mol. The van der Waals surface area contributed by atoms with Gasteiger partial charge in [0.1, 0.15) is 6.54 Å². The van der Waals surface area contributed by atoms with Crippen LogP contribution in [-0.4, -0.2) is 23.0 Å². The lowest BCUT2D eigenvalue weighted by atomic mass is 10.0. The third kappa shape index (κ3) is 1.93. The molecule has 1 aromatic heterocycles. The Hall–Kier alpha value is -2.10. The maximum Gasteiger partial charge on any atom is 0.334 e. The molecule has 4 heteroatoms. The van der Waals surface area contributed by atoms with Crippen LogP contribution in [0.25, 0.3) is 10.9 Å². The summed E-state index contributed by atoms with van der Waals surface area (Å²) in [6.45, 7) is 4.47. The molecule has 0 N–H and O–H groups in total. The highest BCUT2D eigenvalue weighted by atomic mass is 16.6. The van der Waals surface area contributed by atoms with Crippen molar-refractivity contribution in [1.82, 2.24) is 4.57 Å². The Kier molecular flexibility index (Phi) is 2.66. The Balaban J connectivity index is 2.14. The van der Waals surface area contributed by atoms with Crippen LogP contribution in [0.2, 0.25) is 0 Å². The molecule has 0 fully saturated rings. The SMILES string of the molecule is CC(C)c1cn(C)c2ccc(C3=NCC(=O)O3)cc12. The summed E-state index contributed by atoms with van der Waals surface area (Å²) in [5, 5.41) is 1.20.